The molecule has 1 N–H and O–H groups in total. The van der Waals surface area contributed by atoms with E-state index in [1.165, 1.54) is 4.88 Å². The summed E-state index contributed by atoms with van der Waals surface area (Å²) in [7, 11) is 0. The van der Waals surface area contributed by atoms with Crippen molar-refractivity contribution in [1.82, 2.24) is 10.2 Å². The second kappa shape index (κ2) is 7.76. The van der Waals surface area contributed by atoms with E-state index in [-0.39, 0.29) is 18.1 Å². The molecule has 2 heterocycles. The zero-order valence-electron chi connectivity index (χ0n) is 12.3. The summed E-state index contributed by atoms with van der Waals surface area (Å²) < 4.78 is 5.57. The lowest BCUT2D eigenvalue weighted by Gasteiger charge is -2.23. The molecular weight excluding hydrogens is 272 g/mol. The number of rotatable bonds is 8. The fourth-order valence-corrected chi connectivity index (χ4v) is 3.18. The maximum Gasteiger partial charge on any atom is 0.241 e. The Morgan fingerprint density at radius 1 is 1.40 bits per heavy atom. The van der Waals surface area contributed by atoms with Crippen LogP contribution in [-0.2, 0) is 9.53 Å². The van der Waals surface area contributed by atoms with Crippen molar-refractivity contribution in [3.8, 4) is 0 Å². The van der Waals surface area contributed by atoms with Crippen molar-refractivity contribution in [2.24, 2.45) is 0 Å². The van der Waals surface area contributed by atoms with Crippen LogP contribution in [0.2, 0.25) is 0 Å². The van der Waals surface area contributed by atoms with Crippen LogP contribution in [0.25, 0.3) is 0 Å². The van der Waals surface area contributed by atoms with Crippen molar-refractivity contribution in [1.29, 1.82) is 0 Å². The quantitative estimate of drug-likeness (QED) is 0.750. The number of nitrogens with one attached hydrogen (secondary N) is 1. The molecule has 5 heteroatoms. The Bertz CT molecular complexity index is 408. The van der Waals surface area contributed by atoms with Gasteiger partial charge < -0.3 is 9.64 Å². The Kier molecular flexibility index (Phi) is 6.01. The van der Waals surface area contributed by atoms with Crippen LogP contribution in [0.3, 0.4) is 0 Å². The molecule has 0 spiro atoms. The average Bonchev–Trinajstić information content (AvgIpc) is 3.05. The van der Waals surface area contributed by atoms with Crippen LogP contribution >= 0.6 is 11.3 Å². The topological polar surface area (TPSA) is 41.6 Å². The number of nitrogens with zero attached hydrogens (tertiary/aromatic N) is 1. The van der Waals surface area contributed by atoms with Gasteiger partial charge in [0, 0.05) is 24.6 Å². The van der Waals surface area contributed by atoms with Crippen LogP contribution in [0.1, 0.15) is 44.2 Å². The lowest BCUT2D eigenvalue weighted by molar-refractivity contribution is -0.130. The van der Waals surface area contributed by atoms with Gasteiger partial charge >= 0.3 is 0 Å². The van der Waals surface area contributed by atoms with Crippen molar-refractivity contribution in [2.45, 2.75) is 45.3 Å². The minimum Gasteiger partial charge on any atom is -0.381 e. The SMILES string of the molecule is CCCCOCCCN1C(=O)C(C)NC1c1cccs1. The predicted molar refractivity (Wildman–Crippen MR) is 81.7 cm³/mol. The van der Waals surface area contributed by atoms with Gasteiger partial charge in [0.05, 0.1) is 6.04 Å². The second-order valence-corrected chi connectivity index (χ2v) is 6.14. The van der Waals surface area contributed by atoms with Crippen LogP contribution in [0.4, 0.5) is 0 Å². The highest BCUT2D eigenvalue weighted by Gasteiger charge is 2.36. The standard InChI is InChI=1S/C15H24N2O2S/c1-3-4-9-19-10-6-8-17-14(13-7-5-11-20-13)16-12(2)15(17)18/h5,7,11-12,14,16H,3-4,6,8-10H2,1-2H3. The molecule has 1 fully saturated rings. The zero-order valence-corrected chi connectivity index (χ0v) is 13.1. The van der Waals surface area contributed by atoms with Crippen LogP contribution in [0.5, 0.6) is 0 Å². The molecule has 20 heavy (non-hydrogen) atoms. The molecule has 0 bridgehead atoms. The first kappa shape index (κ1) is 15.5. The van der Waals surface area contributed by atoms with E-state index in [0.717, 1.165) is 39.0 Å². The van der Waals surface area contributed by atoms with Gasteiger partial charge in [-0.3, -0.25) is 10.1 Å². The van der Waals surface area contributed by atoms with Gasteiger partial charge in [0.2, 0.25) is 5.91 Å². The van der Waals surface area contributed by atoms with E-state index >= 15 is 0 Å². The smallest absolute Gasteiger partial charge is 0.241 e. The maximum absolute atomic E-state index is 12.2. The highest BCUT2D eigenvalue weighted by molar-refractivity contribution is 7.10. The van der Waals surface area contributed by atoms with E-state index in [2.05, 4.69) is 23.7 Å². The maximum atomic E-state index is 12.2. The molecule has 1 aliphatic heterocycles. The lowest BCUT2D eigenvalue weighted by Crippen LogP contribution is -2.31. The van der Waals surface area contributed by atoms with Gasteiger partial charge in [0.25, 0.3) is 0 Å². The lowest BCUT2D eigenvalue weighted by atomic mass is 10.3. The minimum absolute atomic E-state index is 0.0353. The summed E-state index contributed by atoms with van der Waals surface area (Å²) in [6, 6.07) is 4.02. The summed E-state index contributed by atoms with van der Waals surface area (Å²) in [6.07, 6.45) is 3.20. The molecule has 112 valence electrons. The summed E-state index contributed by atoms with van der Waals surface area (Å²) in [5, 5.41) is 5.42. The van der Waals surface area contributed by atoms with E-state index in [1.54, 1.807) is 11.3 Å². The van der Waals surface area contributed by atoms with Crippen molar-refractivity contribution < 1.29 is 9.53 Å². The molecule has 2 atom stereocenters. The van der Waals surface area contributed by atoms with Gasteiger partial charge in [-0.15, -0.1) is 11.3 Å². The van der Waals surface area contributed by atoms with Crippen molar-refractivity contribution in [3.05, 3.63) is 22.4 Å². The fourth-order valence-electron chi connectivity index (χ4n) is 2.38. The first-order chi connectivity index (χ1) is 9.74. The Labute approximate surface area is 125 Å². The molecule has 1 saturated heterocycles. The number of ether oxygens (including phenoxy) is 1. The number of unbranched alkanes of at least 4 members (excludes halogenated alkanes) is 1. The molecule has 1 aliphatic rings. The zero-order chi connectivity index (χ0) is 14.4. The molecule has 0 saturated carbocycles. The van der Waals surface area contributed by atoms with Gasteiger partial charge in [-0.2, -0.15) is 0 Å². The van der Waals surface area contributed by atoms with Crippen molar-refractivity contribution in [2.75, 3.05) is 19.8 Å². The first-order valence-corrected chi connectivity index (χ1v) is 8.29. The predicted octanol–water partition coefficient (Wildman–Crippen LogP) is 2.77. The molecule has 1 aromatic heterocycles. The molecule has 4 nitrogen and oxygen atoms in total. The second-order valence-electron chi connectivity index (χ2n) is 5.16. The van der Waals surface area contributed by atoms with Gasteiger partial charge in [-0.05, 0) is 31.2 Å². The molecule has 2 rings (SSSR count). The van der Waals surface area contributed by atoms with Crippen LogP contribution in [0.15, 0.2) is 17.5 Å². The summed E-state index contributed by atoms with van der Waals surface area (Å²) in [5.74, 6) is 0.192. The van der Waals surface area contributed by atoms with Crippen molar-refractivity contribution in [3.63, 3.8) is 0 Å². The molecule has 1 amide bonds. The number of hydrogen-bond acceptors (Lipinski definition) is 4. The monoisotopic (exact) mass is 296 g/mol. The van der Waals surface area contributed by atoms with Crippen molar-refractivity contribution >= 4 is 17.2 Å². The first-order valence-electron chi connectivity index (χ1n) is 7.41. The Morgan fingerprint density at radius 3 is 2.90 bits per heavy atom. The van der Waals surface area contributed by atoms with Gasteiger partial charge in [0.15, 0.2) is 0 Å². The normalized spacial score (nSPS) is 22.7. The fraction of sp³-hybridized carbons (Fsp3) is 0.667. The molecule has 0 aliphatic carbocycles. The van der Waals surface area contributed by atoms with E-state index in [0.29, 0.717) is 0 Å². The van der Waals surface area contributed by atoms with E-state index in [4.69, 9.17) is 4.74 Å². The van der Waals surface area contributed by atoms with E-state index in [9.17, 15) is 4.79 Å². The van der Waals surface area contributed by atoms with Crippen LogP contribution in [0, 0.1) is 0 Å². The number of amides is 1. The van der Waals surface area contributed by atoms with E-state index in [1.807, 2.05) is 17.9 Å². The third kappa shape index (κ3) is 3.81. The average molecular weight is 296 g/mol. The highest BCUT2D eigenvalue weighted by atomic mass is 32.1. The minimum atomic E-state index is -0.0943. The number of carbonyl (C=O) groups excluding carboxylic acids is 1. The Hall–Kier alpha value is -0.910. The summed E-state index contributed by atoms with van der Waals surface area (Å²) in [6.45, 7) is 6.40. The molecule has 1 aromatic rings. The van der Waals surface area contributed by atoms with E-state index < -0.39 is 0 Å². The van der Waals surface area contributed by atoms with Gasteiger partial charge in [-0.25, -0.2) is 0 Å². The number of carbonyl (C=O) groups is 1. The van der Waals surface area contributed by atoms with Crippen LogP contribution in [-0.4, -0.2) is 36.6 Å². The molecule has 0 aromatic carbocycles. The van der Waals surface area contributed by atoms with Gasteiger partial charge in [-0.1, -0.05) is 19.4 Å². The Balaban J connectivity index is 1.82. The van der Waals surface area contributed by atoms with Gasteiger partial charge in [0.1, 0.15) is 6.17 Å². The summed E-state index contributed by atoms with van der Waals surface area (Å²) >= 11 is 1.69. The Morgan fingerprint density at radius 2 is 2.20 bits per heavy atom. The molecule has 0 radical (unpaired) electrons. The largest absolute Gasteiger partial charge is 0.381 e. The number of thiophene rings is 1. The third-order valence-corrected chi connectivity index (χ3v) is 4.44. The summed E-state index contributed by atoms with van der Waals surface area (Å²) in [4.78, 5) is 15.4. The summed E-state index contributed by atoms with van der Waals surface area (Å²) in [5.41, 5.74) is 0. The molecular formula is C15H24N2O2S. The molecule has 2 unspecified atom stereocenters. The van der Waals surface area contributed by atoms with Crippen LogP contribution < -0.4 is 5.32 Å². The highest BCUT2D eigenvalue weighted by Crippen LogP contribution is 2.28. The number of hydrogen-bond donors (Lipinski definition) is 1. The third-order valence-electron chi connectivity index (χ3n) is 3.52.